The number of halogens is 1. The largest absolute Gasteiger partial charge is 0.478 e. The molecule has 0 amide bonds. The third kappa shape index (κ3) is 2.63. The quantitative estimate of drug-likeness (QED) is 0.908. The van der Waals surface area contributed by atoms with Crippen molar-refractivity contribution in [3.8, 4) is 0 Å². The summed E-state index contributed by atoms with van der Waals surface area (Å²) >= 11 is 3.47. The highest BCUT2D eigenvalue weighted by molar-refractivity contribution is 9.10. The number of carboxylic acids is 1. The SMILES string of the molecule is CC1CCCCN1c1ccc(C(=O)O)cc1Br. The summed E-state index contributed by atoms with van der Waals surface area (Å²) < 4.78 is 0.867. The van der Waals surface area contributed by atoms with Gasteiger partial charge in [0.05, 0.1) is 11.3 Å². The number of piperidine rings is 1. The normalized spacial score (nSPS) is 20.4. The average Bonchev–Trinajstić information content (AvgIpc) is 2.30. The number of hydrogen-bond acceptors (Lipinski definition) is 2. The number of carbonyl (C=O) groups is 1. The molecule has 17 heavy (non-hydrogen) atoms. The Morgan fingerprint density at radius 1 is 1.47 bits per heavy atom. The number of anilines is 1. The van der Waals surface area contributed by atoms with Gasteiger partial charge in [-0.15, -0.1) is 0 Å². The van der Waals surface area contributed by atoms with Crippen molar-refractivity contribution in [1.82, 2.24) is 0 Å². The van der Waals surface area contributed by atoms with E-state index in [9.17, 15) is 4.79 Å². The van der Waals surface area contributed by atoms with Gasteiger partial charge in [0.1, 0.15) is 0 Å². The highest BCUT2D eigenvalue weighted by Crippen LogP contribution is 2.32. The van der Waals surface area contributed by atoms with Gasteiger partial charge in [0.2, 0.25) is 0 Å². The molecular weight excluding hydrogens is 282 g/mol. The average molecular weight is 298 g/mol. The second-order valence-corrected chi connectivity index (χ2v) is 5.36. The Labute approximate surface area is 110 Å². The van der Waals surface area contributed by atoms with Gasteiger partial charge in [0.25, 0.3) is 0 Å². The van der Waals surface area contributed by atoms with E-state index < -0.39 is 5.97 Å². The van der Waals surface area contributed by atoms with Gasteiger partial charge < -0.3 is 10.0 Å². The summed E-state index contributed by atoms with van der Waals surface area (Å²) in [5.74, 6) is -0.885. The first kappa shape index (κ1) is 12.4. The molecule has 1 unspecified atom stereocenters. The molecule has 1 fully saturated rings. The van der Waals surface area contributed by atoms with E-state index in [0.29, 0.717) is 11.6 Å². The molecule has 1 saturated heterocycles. The molecule has 0 spiro atoms. The number of nitrogens with zero attached hydrogens (tertiary/aromatic N) is 1. The first-order chi connectivity index (χ1) is 8.09. The molecule has 0 radical (unpaired) electrons. The van der Waals surface area contributed by atoms with Crippen LogP contribution in [-0.4, -0.2) is 23.7 Å². The van der Waals surface area contributed by atoms with E-state index in [1.54, 1.807) is 12.1 Å². The molecule has 0 bridgehead atoms. The van der Waals surface area contributed by atoms with Gasteiger partial charge in [-0.1, -0.05) is 0 Å². The summed E-state index contributed by atoms with van der Waals surface area (Å²) in [5.41, 5.74) is 1.42. The third-order valence-corrected chi connectivity index (χ3v) is 3.94. The van der Waals surface area contributed by atoms with Gasteiger partial charge in [0, 0.05) is 17.1 Å². The van der Waals surface area contributed by atoms with E-state index in [1.165, 1.54) is 19.3 Å². The predicted octanol–water partition coefficient (Wildman–Crippen LogP) is 3.53. The van der Waals surface area contributed by atoms with Crippen molar-refractivity contribution in [2.24, 2.45) is 0 Å². The number of carboxylic acid groups (broad SMARTS) is 1. The van der Waals surface area contributed by atoms with Crippen LogP contribution in [0, 0.1) is 0 Å². The Kier molecular flexibility index (Phi) is 3.72. The molecule has 0 aromatic heterocycles. The van der Waals surface area contributed by atoms with E-state index in [2.05, 4.69) is 27.8 Å². The fraction of sp³-hybridized carbons (Fsp3) is 0.462. The zero-order chi connectivity index (χ0) is 12.4. The lowest BCUT2D eigenvalue weighted by Gasteiger charge is -2.36. The topological polar surface area (TPSA) is 40.5 Å². The summed E-state index contributed by atoms with van der Waals surface area (Å²) in [5, 5.41) is 8.93. The molecule has 4 heteroatoms. The zero-order valence-corrected chi connectivity index (χ0v) is 11.4. The number of benzene rings is 1. The van der Waals surface area contributed by atoms with Crippen molar-refractivity contribution in [1.29, 1.82) is 0 Å². The molecule has 1 aliphatic heterocycles. The Morgan fingerprint density at radius 2 is 2.24 bits per heavy atom. The number of aromatic carboxylic acids is 1. The minimum absolute atomic E-state index is 0.324. The Balaban J connectivity index is 2.29. The Bertz CT molecular complexity index is 433. The van der Waals surface area contributed by atoms with Crippen LogP contribution in [0.3, 0.4) is 0 Å². The van der Waals surface area contributed by atoms with E-state index in [-0.39, 0.29) is 0 Å². The summed E-state index contributed by atoms with van der Waals surface area (Å²) in [6.07, 6.45) is 3.69. The fourth-order valence-corrected chi connectivity index (χ4v) is 2.94. The maximum absolute atomic E-state index is 10.9. The van der Waals surface area contributed by atoms with E-state index >= 15 is 0 Å². The van der Waals surface area contributed by atoms with E-state index in [0.717, 1.165) is 16.7 Å². The lowest BCUT2D eigenvalue weighted by Crippen LogP contribution is -2.37. The standard InChI is InChI=1S/C13H16BrNO2/c1-9-4-2-3-7-15(9)12-6-5-10(13(16)17)8-11(12)14/h5-6,8-9H,2-4,7H2,1H3,(H,16,17). The summed E-state index contributed by atoms with van der Waals surface area (Å²) in [6, 6.07) is 5.77. The minimum Gasteiger partial charge on any atom is -0.478 e. The molecule has 0 aliphatic carbocycles. The third-order valence-electron chi connectivity index (χ3n) is 3.31. The molecule has 0 saturated carbocycles. The van der Waals surface area contributed by atoms with E-state index in [1.807, 2.05) is 6.07 Å². The molecule has 1 N–H and O–H groups in total. The van der Waals surface area contributed by atoms with Crippen LogP contribution < -0.4 is 4.90 Å². The predicted molar refractivity (Wildman–Crippen MR) is 71.8 cm³/mol. The minimum atomic E-state index is -0.885. The van der Waals surface area contributed by atoms with Crippen LogP contribution in [0.1, 0.15) is 36.5 Å². The molecule has 1 aromatic rings. The van der Waals surface area contributed by atoms with Crippen molar-refractivity contribution in [2.75, 3.05) is 11.4 Å². The second-order valence-electron chi connectivity index (χ2n) is 4.51. The van der Waals surface area contributed by atoms with Gasteiger partial charge >= 0.3 is 5.97 Å². The fourth-order valence-electron chi connectivity index (χ4n) is 2.33. The molecular formula is C13H16BrNO2. The van der Waals surface area contributed by atoms with Crippen LogP contribution in [0.15, 0.2) is 22.7 Å². The Morgan fingerprint density at radius 3 is 2.82 bits per heavy atom. The lowest BCUT2D eigenvalue weighted by atomic mass is 10.0. The molecule has 92 valence electrons. The van der Waals surface area contributed by atoms with Crippen molar-refractivity contribution in [2.45, 2.75) is 32.2 Å². The highest BCUT2D eigenvalue weighted by Gasteiger charge is 2.20. The highest BCUT2D eigenvalue weighted by atomic mass is 79.9. The van der Waals surface area contributed by atoms with Crippen LogP contribution in [-0.2, 0) is 0 Å². The van der Waals surface area contributed by atoms with E-state index in [4.69, 9.17) is 5.11 Å². The smallest absolute Gasteiger partial charge is 0.335 e. The first-order valence-electron chi connectivity index (χ1n) is 5.89. The molecule has 1 aliphatic rings. The van der Waals surface area contributed by atoms with Crippen molar-refractivity contribution < 1.29 is 9.90 Å². The van der Waals surface area contributed by atoms with Gasteiger partial charge in [-0.2, -0.15) is 0 Å². The lowest BCUT2D eigenvalue weighted by molar-refractivity contribution is 0.0697. The Hall–Kier alpha value is -1.03. The molecule has 1 heterocycles. The first-order valence-corrected chi connectivity index (χ1v) is 6.68. The van der Waals surface area contributed by atoms with Gasteiger partial charge in [-0.05, 0) is 60.3 Å². The van der Waals surface area contributed by atoms with Crippen LogP contribution in [0.2, 0.25) is 0 Å². The zero-order valence-electron chi connectivity index (χ0n) is 9.82. The maximum atomic E-state index is 10.9. The van der Waals surface area contributed by atoms with Crippen LogP contribution in [0.5, 0.6) is 0 Å². The molecule has 2 rings (SSSR count). The molecule has 1 atom stereocenters. The van der Waals surface area contributed by atoms with Gasteiger partial charge in [-0.3, -0.25) is 0 Å². The van der Waals surface area contributed by atoms with Crippen molar-refractivity contribution >= 4 is 27.6 Å². The molecule has 3 nitrogen and oxygen atoms in total. The van der Waals surface area contributed by atoms with Crippen LogP contribution in [0.4, 0.5) is 5.69 Å². The summed E-state index contributed by atoms with van der Waals surface area (Å²) in [6.45, 7) is 3.27. The van der Waals surface area contributed by atoms with Gasteiger partial charge in [0.15, 0.2) is 0 Å². The van der Waals surface area contributed by atoms with Crippen molar-refractivity contribution in [3.05, 3.63) is 28.2 Å². The number of hydrogen-bond donors (Lipinski definition) is 1. The summed E-state index contributed by atoms with van der Waals surface area (Å²) in [7, 11) is 0. The molecule has 1 aromatic carbocycles. The summed E-state index contributed by atoms with van der Waals surface area (Å²) in [4.78, 5) is 13.2. The number of rotatable bonds is 2. The van der Waals surface area contributed by atoms with Crippen LogP contribution >= 0.6 is 15.9 Å². The van der Waals surface area contributed by atoms with Crippen LogP contribution in [0.25, 0.3) is 0 Å². The van der Waals surface area contributed by atoms with Gasteiger partial charge in [-0.25, -0.2) is 4.79 Å². The van der Waals surface area contributed by atoms with Crippen molar-refractivity contribution in [3.63, 3.8) is 0 Å². The maximum Gasteiger partial charge on any atom is 0.335 e. The second kappa shape index (κ2) is 5.08. The monoisotopic (exact) mass is 297 g/mol.